The molecule has 1 aliphatic heterocycles. The molecule has 16 heavy (non-hydrogen) atoms. The molecule has 2 nitrogen and oxygen atoms in total. The third-order valence-electron chi connectivity index (χ3n) is 2.94. The molecule has 4 heteroatoms. The average Bonchev–Trinajstić information content (AvgIpc) is 2.66. The van der Waals surface area contributed by atoms with Crippen LogP contribution in [-0.4, -0.2) is 22.5 Å². The Morgan fingerprint density at radius 1 is 1.38 bits per heavy atom. The Morgan fingerprint density at radius 2 is 2.06 bits per heavy atom. The monoisotopic (exact) mass is 256 g/mol. The molecule has 0 aromatic carbocycles. The highest BCUT2D eigenvalue weighted by Crippen LogP contribution is 2.27. The number of hydrogen-bond acceptors (Lipinski definition) is 4. The molecule has 90 valence electrons. The minimum absolute atomic E-state index is 0.0194. The van der Waals surface area contributed by atoms with Crippen LogP contribution in [0.5, 0.6) is 0 Å². The molecule has 1 aliphatic rings. The molecule has 1 fully saturated rings. The summed E-state index contributed by atoms with van der Waals surface area (Å²) in [5, 5.41) is 4.97. The zero-order valence-electron chi connectivity index (χ0n) is 10.2. The summed E-state index contributed by atoms with van der Waals surface area (Å²) >= 11 is 3.88. The first-order chi connectivity index (χ1) is 7.58. The third kappa shape index (κ3) is 2.99. The predicted molar refractivity (Wildman–Crippen MR) is 73.4 cm³/mol. The van der Waals surface area contributed by atoms with Crippen molar-refractivity contribution in [1.82, 2.24) is 10.3 Å². The molecule has 1 saturated heterocycles. The van der Waals surface area contributed by atoms with Crippen LogP contribution in [0.25, 0.3) is 0 Å². The second-order valence-electron chi connectivity index (χ2n) is 4.93. The van der Waals surface area contributed by atoms with E-state index in [0.717, 1.165) is 0 Å². The van der Waals surface area contributed by atoms with Crippen LogP contribution >= 0.6 is 23.1 Å². The number of aryl methyl sites for hydroxylation is 1. The van der Waals surface area contributed by atoms with E-state index in [1.807, 2.05) is 6.20 Å². The van der Waals surface area contributed by atoms with Crippen LogP contribution in [-0.2, 0) is 5.54 Å². The minimum Gasteiger partial charge on any atom is -0.303 e. The quantitative estimate of drug-likeness (QED) is 0.899. The van der Waals surface area contributed by atoms with Crippen molar-refractivity contribution < 1.29 is 0 Å². The van der Waals surface area contributed by atoms with Gasteiger partial charge in [0.25, 0.3) is 0 Å². The molecule has 0 atom stereocenters. The maximum Gasteiger partial charge on any atom is 0.112 e. The first-order valence-electron chi connectivity index (χ1n) is 5.86. The molecule has 1 N–H and O–H groups in total. The van der Waals surface area contributed by atoms with Crippen LogP contribution in [0, 0.1) is 6.92 Å². The second-order valence-corrected chi connectivity index (χ2v) is 7.39. The lowest BCUT2D eigenvalue weighted by Gasteiger charge is -2.32. The molecular formula is C12H20N2S2. The van der Waals surface area contributed by atoms with E-state index < -0.39 is 0 Å². The molecule has 0 unspecified atom stereocenters. The molecule has 1 aromatic rings. The number of aromatic nitrogens is 1. The van der Waals surface area contributed by atoms with Gasteiger partial charge < -0.3 is 5.32 Å². The number of rotatable bonds is 3. The van der Waals surface area contributed by atoms with E-state index in [1.165, 1.54) is 34.2 Å². The van der Waals surface area contributed by atoms with Gasteiger partial charge in [-0.05, 0) is 45.1 Å². The maximum absolute atomic E-state index is 4.50. The van der Waals surface area contributed by atoms with Gasteiger partial charge in [-0.1, -0.05) is 0 Å². The van der Waals surface area contributed by atoms with Crippen LogP contribution in [0.3, 0.4) is 0 Å². The van der Waals surface area contributed by atoms with E-state index in [1.54, 1.807) is 11.3 Å². The minimum atomic E-state index is 0.0194. The van der Waals surface area contributed by atoms with Crippen molar-refractivity contribution in [1.29, 1.82) is 0 Å². The largest absolute Gasteiger partial charge is 0.303 e. The molecule has 0 spiro atoms. The zero-order chi connectivity index (χ0) is 11.6. The molecule has 2 rings (SSSR count). The summed E-state index contributed by atoms with van der Waals surface area (Å²) in [5.74, 6) is 2.59. The smallest absolute Gasteiger partial charge is 0.112 e. The normalized spacial score (nSPS) is 18.9. The molecule has 0 radical (unpaired) electrons. The number of thioether (sulfide) groups is 1. The number of hydrogen-bond donors (Lipinski definition) is 1. The van der Waals surface area contributed by atoms with Crippen molar-refractivity contribution in [2.75, 3.05) is 11.5 Å². The molecule has 2 heterocycles. The Kier molecular flexibility index (Phi) is 3.93. The van der Waals surface area contributed by atoms with Gasteiger partial charge in [-0.2, -0.15) is 11.8 Å². The van der Waals surface area contributed by atoms with E-state index >= 15 is 0 Å². The Balaban J connectivity index is 2.01. The van der Waals surface area contributed by atoms with Crippen LogP contribution < -0.4 is 5.32 Å². The van der Waals surface area contributed by atoms with Gasteiger partial charge in [-0.25, -0.2) is 4.98 Å². The van der Waals surface area contributed by atoms with Crippen molar-refractivity contribution in [3.05, 3.63) is 16.1 Å². The maximum atomic E-state index is 4.50. The lowest BCUT2D eigenvalue weighted by molar-refractivity contribution is 0.326. The Labute approximate surface area is 106 Å². The van der Waals surface area contributed by atoms with Crippen LogP contribution in [0.15, 0.2) is 6.20 Å². The lowest BCUT2D eigenvalue weighted by atomic mass is 10.0. The molecular weight excluding hydrogens is 236 g/mol. The van der Waals surface area contributed by atoms with Gasteiger partial charge in [0.2, 0.25) is 0 Å². The van der Waals surface area contributed by atoms with Gasteiger partial charge in [0.15, 0.2) is 0 Å². The van der Waals surface area contributed by atoms with Crippen LogP contribution in [0.2, 0.25) is 0 Å². The van der Waals surface area contributed by atoms with Crippen LogP contribution in [0.4, 0.5) is 0 Å². The summed E-state index contributed by atoms with van der Waals surface area (Å²) in [6.07, 6.45) is 4.55. The van der Waals surface area contributed by atoms with Gasteiger partial charge in [-0.3, -0.25) is 0 Å². The SMILES string of the molecule is Cc1cnc(C(C)(C)NC2CCSCC2)s1. The second kappa shape index (κ2) is 5.07. The van der Waals surface area contributed by atoms with Crippen LogP contribution in [0.1, 0.15) is 36.6 Å². The highest BCUT2D eigenvalue weighted by molar-refractivity contribution is 7.99. The number of nitrogens with one attached hydrogen (secondary N) is 1. The Hall–Kier alpha value is -0.0600. The van der Waals surface area contributed by atoms with E-state index in [-0.39, 0.29) is 5.54 Å². The first-order valence-corrected chi connectivity index (χ1v) is 7.83. The molecule has 0 saturated carbocycles. The average molecular weight is 256 g/mol. The van der Waals surface area contributed by atoms with E-state index in [9.17, 15) is 0 Å². The standard InChI is InChI=1S/C12H20N2S2/c1-9-8-13-11(16-9)12(2,3)14-10-4-6-15-7-5-10/h8,10,14H,4-7H2,1-3H3. The van der Waals surface area contributed by atoms with Gasteiger partial charge in [-0.15, -0.1) is 11.3 Å². The fourth-order valence-corrected chi connectivity index (χ4v) is 3.99. The Morgan fingerprint density at radius 3 is 2.62 bits per heavy atom. The summed E-state index contributed by atoms with van der Waals surface area (Å²) in [6, 6.07) is 0.667. The summed E-state index contributed by atoms with van der Waals surface area (Å²) < 4.78 is 0. The third-order valence-corrected chi connectivity index (χ3v) is 5.23. The molecule has 0 aliphatic carbocycles. The van der Waals surface area contributed by atoms with Gasteiger partial charge in [0.05, 0.1) is 5.54 Å². The van der Waals surface area contributed by atoms with E-state index in [2.05, 4.69) is 42.8 Å². The summed E-state index contributed by atoms with van der Waals surface area (Å²) in [6.45, 7) is 6.61. The Bertz CT molecular complexity index is 341. The highest BCUT2D eigenvalue weighted by atomic mass is 32.2. The zero-order valence-corrected chi connectivity index (χ0v) is 11.9. The van der Waals surface area contributed by atoms with Crippen molar-refractivity contribution in [3.8, 4) is 0 Å². The van der Waals surface area contributed by atoms with E-state index in [4.69, 9.17) is 0 Å². The lowest BCUT2D eigenvalue weighted by Crippen LogP contribution is -2.45. The fraction of sp³-hybridized carbons (Fsp3) is 0.750. The highest BCUT2D eigenvalue weighted by Gasteiger charge is 2.27. The summed E-state index contributed by atoms with van der Waals surface area (Å²) in [4.78, 5) is 5.80. The van der Waals surface area contributed by atoms with Gasteiger partial charge in [0, 0.05) is 17.1 Å². The van der Waals surface area contributed by atoms with Gasteiger partial charge in [0.1, 0.15) is 5.01 Å². The molecule has 1 aromatic heterocycles. The summed E-state index contributed by atoms with van der Waals surface area (Å²) in [5.41, 5.74) is 0.0194. The van der Waals surface area contributed by atoms with Crippen molar-refractivity contribution in [3.63, 3.8) is 0 Å². The van der Waals surface area contributed by atoms with Crippen molar-refractivity contribution in [2.24, 2.45) is 0 Å². The first kappa shape index (κ1) is 12.4. The topological polar surface area (TPSA) is 24.9 Å². The fourth-order valence-electron chi connectivity index (χ4n) is 2.06. The van der Waals surface area contributed by atoms with Gasteiger partial charge >= 0.3 is 0 Å². The van der Waals surface area contributed by atoms with Crippen molar-refractivity contribution in [2.45, 2.75) is 45.2 Å². The van der Waals surface area contributed by atoms with E-state index in [0.29, 0.717) is 6.04 Å². The molecule has 0 amide bonds. The van der Waals surface area contributed by atoms with Crippen molar-refractivity contribution >= 4 is 23.1 Å². The molecule has 0 bridgehead atoms. The number of thiazole rings is 1. The predicted octanol–water partition coefficient (Wildman–Crippen LogP) is 3.17. The number of nitrogens with zero attached hydrogens (tertiary/aromatic N) is 1. The summed E-state index contributed by atoms with van der Waals surface area (Å²) in [7, 11) is 0.